The number of benzene rings is 1. The summed E-state index contributed by atoms with van der Waals surface area (Å²) in [5.41, 5.74) is -0.726. The normalized spacial score (nSPS) is 11.4. The second-order valence-corrected chi connectivity index (χ2v) is 4.16. The summed E-state index contributed by atoms with van der Waals surface area (Å²) in [4.78, 5) is 9.25. The first-order valence-electron chi connectivity index (χ1n) is 3.71. The van der Waals surface area contributed by atoms with E-state index >= 15 is 0 Å². The molecule has 0 saturated heterocycles. The van der Waals surface area contributed by atoms with Gasteiger partial charge in [-0.15, -0.1) is 3.89 Å². The number of halogens is 2. The predicted molar refractivity (Wildman–Crippen MR) is 46.4 cm³/mol. The molecule has 0 heterocycles. The van der Waals surface area contributed by atoms with E-state index in [1.54, 1.807) is 0 Å². The molecule has 0 amide bonds. The quantitative estimate of drug-likeness (QED) is 0.789. The topological polar surface area (TPSA) is 71.4 Å². The molecule has 1 aromatic carbocycles. The molecule has 7 heteroatoms. The van der Waals surface area contributed by atoms with Gasteiger partial charge in [-0.25, -0.2) is 9.18 Å². The SMILES string of the molecule is Cc1cc(C(=O)O)cc(S(=O)(=O)F)c1F. The van der Waals surface area contributed by atoms with E-state index in [9.17, 15) is 21.5 Å². The van der Waals surface area contributed by atoms with Gasteiger partial charge in [0.15, 0.2) is 0 Å². The van der Waals surface area contributed by atoms with E-state index in [1.807, 2.05) is 0 Å². The van der Waals surface area contributed by atoms with Crippen molar-refractivity contribution in [1.29, 1.82) is 0 Å². The molecule has 1 rings (SSSR count). The van der Waals surface area contributed by atoms with Crippen molar-refractivity contribution in [3.05, 3.63) is 29.1 Å². The summed E-state index contributed by atoms with van der Waals surface area (Å²) >= 11 is 0. The van der Waals surface area contributed by atoms with Crippen LogP contribution in [-0.4, -0.2) is 19.5 Å². The molecular weight excluding hydrogens is 230 g/mol. The summed E-state index contributed by atoms with van der Waals surface area (Å²) in [5, 5.41) is 8.55. The molecule has 4 nitrogen and oxygen atoms in total. The van der Waals surface area contributed by atoms with Crippen molar-refractivity contribution in [2.45, 2.75) is 11.8 Å². The summed E-state index contributed by atoms with van der Waals surface area (Å²) in [6.45, 7) is 1.15. The maximum Gasteiger partial charge on any atom is 0.335 e. The highest BCUT2D eigenvalue weighted by Gasteiger charge is 2.22. The second kappa shape index (κ2) is 3.58. The van der Waals surface area contributed by atoms with Crippen LogP contribution in [-0.2, 0) is 10.2 Å². The minimum Gasteiger partial charge on any atom is -0.478 e. The van der Waals surface area contributed by atoms with Crippen molar-refractivity contribution in [2.24, 2.45) is 0 Å². The van der Waals surface area contributed by atoms with E-state index in [4.69, 9.17) is 5.11 Å². The van der Waals surface area contributed by atoms with Gasteiger partial charge < -0.3 is 5.11 Å². The van der Waals surface area contributed by atoms with Crippen LogP contribution in [0.25, 0.3) is 0 Å². The van der Waals surface area contributed by atoms with E-state index in [2.05, 4.69) is 0 Å². The number of carboxylic acid groups (broad SMARTS) is 1. The van der Waals surface area contributed by atoms with E-state index in [0.29, 0.717) is 6.07 Å². The largest absolute Gasteiger partial charge is 0.478 e. The minimum atomic E-state index is -5.25. The Morgan fingerprint density at radius 2 is 1.93 bits per heavy atom. The molecule has 0 spiro atoms. The molecule has 0 radical (unpaired) electrons. The van der Waals surface area contributed by atoms with E-state index in [-0.39, 0.29) is 5.56 Å². The molecule has 0 bridgehead atoms. The van der Waals surface area contributed by atoms with Crippen LogP contribution in [0.1, 0.15) is 15.9 Å². The van der Waals surface area contributed by atoms with Crippen LogP contribution in [0, 0.1) is 12.7 Å². The van der Waals surface area contributed by atoms with Crippen molar-refractivity contribution in [3.8, 4) is 0 Å². The maximum atomic E-state index is 13.1. The first-order valence-corrected chi connectivity index (χ1v) is 5.10. The van der Waals surface area contributed by atoms with Gasteiger partial charge in [-0.1, -0.05) is 0 Å². The molecule has 0 saturated carbocycles. The highest BCUT2D eigenvalue weighted by atomic mass is 32.3. The van der Waals surface area contributed by atoms with Crippen LogP contribution in [0.2, 0.25) is 0 Å². The lowest BCUT2D eigenvalue weighted by Crippen LogP contribution is -2.04. The first kappa shape index (κ1) is 11.6. The number of aromatic carboxylic acids is 1. The summed E-state index contributed by atoms with van der Waals surface area (Å²) in [7, 11) is -5.25. The van der Waals surface area contributed by atoms with Crippen LogP contribution < -0.4 is 0 Å². The smallest absolute Gasteiger partial charge is 0.335 e. The number of aryl methyl sites for hydroxylation is 1. The van der Waals surface area contributed by atoms with Crippen molar-refractivity contribution in [3.63, 3.8) is 0 Å². The number of carbonyl (C=O) groups is 1. The lowest BCUT2D eigenvalue weighted by molar-refractivity contribution is 0.0696. The third-order valence-corrected chi connectivity index (χ3v) is 2.55. The summed E-state index contributed by atoms with van der Waals surface area (Å²) in [6.07, 6.45) is 0. The van der Waals surface area contributed by atoms with Crippen molar-refractivity contribution in [1.82, 2.24) is 0 Å². The molecule has 15 heavy (non-hydrogen) atoms. The molecule has 0 fully saturated rings. The number of carboxylic acids is 1. The summed E-state index contributed by atoms with van der Waals surface area (Å²) in [6, 6.07) is 1.37. The first-order chi connectivity index (χ1) is 6.73. The highest BCUT2D eigenvalue weighted by molar-refractivity contribution is 7.86. The zero-order chi connectivity index (χ0) is 11.8. The van der Waals surface area contributed by atoms with Gasteiger partial charge in [0.2, 0.25) is 0 Å². The van der Waals surface area contributed by atoms with Crippen LogP contribution in [0.5, 0.6) is 0 Å². The van der Waals surface area contributed by atoms with Gasteiger partial charge in [0, 0.05) is 0 Å². The highest BCUT2D eigenvalue weighted by Crippen LogP contribution is 2.21. The zero-order valence-electron chi connectivity index (χ0n) is 7.49. The number of hydrogen-bond acceptors (Lipinski definition) is 3. The van der Waals surface area contributed by atoms with Crippen LogP contribution in [0.4, 0.5) is 8.28 Å². The van der Waals surface area contributed by atoms with Crippen LogP contribution in [0.15, 0.2) is 17.0 Å². The molecule has 0 unspecified atom stereocenters. The Hall–Kier alpha value is -1.50. The van der Waals surface area contributed by atoms with Gasteiger partial charge in [-0.05, 0) is 24.6 Å². The number of rotatable bonds is 2. The number of hydrogen-bond donors (Lipinski definition) is 1. The maximum absolute atomic E-state index is 13.1. The fraction of sp³-hybridized carbons (Fsp3) is 0.125. The average molecular weight is 236 g/mol. The monoisotopic (exact) mass is 236 g/mol. The van der Waals surface area contributed by atoms with E-state index in [0.717, 1.165) is 13.0 Å². The third kappa shape index (κ3) is 2.30. The molecule has 82 valence electrons. The Morgan fingerprint density at radius 3 is 2.33 bits per heavy atom. The Kier molecular flexibility index (Phi) is 2.76. The van der Waals surface area contributed by atoms with Gasteiger partial charge in [-0.2, -0.15) is 8.42 Å². The van der Waals surface area contributed by atoms with Gasteiger partial charge in [-0.3, -0.25) is 0 Å². The Bertz CT molecular complexity index is 522. The molecule has 1 aromatic rings. The Labute approximate surface area is 84.4 Å². The average Bonchev–Trinajstić information content (AvgIpc) is 2.06. The molecule has 0 aromatic heterocycles. The molecule has 1 N–H and O–H groups in total. The van der Waals surface area contributed by atoms with Crippen molar-refractivity contribution >= 4 is 16.2 Å². The standard InChI is InChI=1S/C8H6F2O4S/c1-4-2-5(8(11)12)3-6(7(4)9)15(10,13)14/h2-3H,1H3,(H,11,12). The van der Waals surface area contributed by atoms with Gasteiger partial charge >= 0.3 is 16.2 Å². The lowest BCUT2D eigenvalue weighted by atomic mass is 10.1. The van der Waals surface area contributed by atoms with Gasteiger partial charge in [0.25, 0.3) is 0 Å². The van der Waals surface area contributed by atoms with E-state index in [1.165, 1.54) is 0 Å². The third-order valence-electron chi connectivity index (χ3n) is 1.73. The van der Waals surface area contributed by atoms with Gasteiger partial charge in [0.1, 0.15) is 10.7 Å². The lowest BCUT2D eigenvalue weighted by Gasteiger charge is -2.03. The second-order valence-electron chi connectivity index (χ2n) is 2.85. The van der Waals surface area contributed by atoms with Gasteiger partial charge in [0.05, 0.1) is 5.56 Å². The van der Waals surface area contributed by atoms with Crippen molar-refractivity contribution < 1.29 is 26.6 Å². The molecular formula is C8H6F2O4S. The fourth-order valence-electron chi connectivity index (χ4n) is 1.04. The molecule has 0 aliphatic heterocycles. The van der Waals surface area contributed by atoms with Crippen molar-refractivity contribution in [2.75, 3.05) is 0 Å². The van der Waals surface area contributed by atoms with Crippen LogP contribution in [0.3, 0.4) is 0 Å². The van der Waals surface area contributed by atoms with E-state index < -0.39 is 32.5 Å². The predicted octanol–water partition coefficient (Wildman–Crippen LogP) is 1.49. The molecule has 0 aliphatic carbocycles. The molecule has 0 aliphatic rings. The minimum absolute atomic E-state index is 0.244. The Balaban J connectivity index is 3.59. The summed E-state index contributed by atoms with van der Waals surface area (Å²) in [5.74, 6) is -2.73. The van der Waals surface area contributed by atoms with Crippen LogP contribution >= 0.6 is 0 Å². The molecule has 0 atom stereocenters. The Morgan fingerprint density at radius 1 is 1.40 bits per heavy atom. The fourth-order valence-corrected chi connectivity index (χ4v) is 1.68. The summed E-state index contributed by atoms with van der Waals surface area (Å²) < 4.78 is 46.6. The zero-order valence-corrected chi connectivity index (χ0v) is 8.31.